The monoisotopic (exact) mass is 403 g/mol. The number of likely N-dealkylation sites (N-methyl/N-ethyl adjacent to an activating group) is 1. The van der Waals surface area contributed by atoms with Gasteiger partial charge in [-0.1, -0.05) is 11.6 Å². The molecule has 0 radical (unpaired) electrons. The van der Waals surface area contributed by atoms with Crippen LogP contribution in [0.5, 0.6) is 0 Å². The van der Waals surface area contributed by atoms with Crippen molar-refractivity contribution in [3.05, 3.63) is 62.7 Å². The van der Waals surface area contributed by atoms with E-state index in [9.17, 15) is 14.9 Å². The lowest BCUT2D eigenvalue weighted by molar-refractivity contribution is -0.898. The third-order valence-electron chi connectivity index (χ3n) is 5.17. The van der Waals surface area contributed by atoms with Crippen LogP contribution in [0.15, 0.2) is 36.4 Å². The number of nitrogens with one attached hydrogen (secondary N) is 2. The van der Waals surface area contributed by atoms with Gasteiger partial charge in [-0.2, -0.15) is 0 Å². The molecule has 3 rings (SSSR count). The quantitative estimate of drug-likeness (QED) is 0.594. The number of carbonyl (C=O) groups is 1. The summed E-state index contributed by atoms with van der Waals surface area (Å²) < 4.78 is 0. The number of rotatable bonds is 5. The van der Waals surface area contributed by atoms with Crippen LogP contribution in [0.1, 0.15) is 22.8 Å². The van der Waals surface area contributed by atoms with Gasteiger partial charge < -0.3 is 15.1 Å². The summed E-state index contributed by atoms with van der Waals surface area (Å²) >= 11 is 6.47. The van der Waals surface area contributed by atoms with Crippen LogP contribution in [-0.4, -0.2) is 43.6 Å². The second-order valence-electron chi connectivity index (χ2n) is 6.97. The van der Waals surface area contributed by atoms with Crippen molar-refractivity contribution in [2.45, 2.75) is 13.8 Å². The Kier molecular flexibility index (Phi) is 6.16. The smallest absolute Gasteiger partial charge is 0.272 e. The van der Waals surface area contributed by atoms with E-state index in [-0.39, 0.29) is 11.6 Å². The fourth-order valence-electron chi connectivity index (χ4n) is 3.46. The van der Waals surface area contributed by atoms with E-state index in [1.165, 1.54) is 18.2 Å². The van der Waals surface area contributed by atoms with E-state index in [1.54, 1.807) is 17.9 Å². The Hall–Kier alpha value is -2.64. The van der Waals surface area contributed by atoms with E-state index in [1.807, 2.05) is 12.1 Å². The molecule has 1 heterocycles. The second-order valence-corrected chi connectivity index (χ2v) is 7.38. The number of piperazine rings is 1. The Morgan fingerprint density at radius 1 is 1.25 bits per heavy atom. The first-order valence-corrected chi connectivity index (χ1v) is 9.71. The number of halogens is 1. The predicted octanol–water partition coefficient (Wildman–Crippen LogP) is 2.53. The third-order valence-corrected chi connectivity index (χ3v) is 5.48. The van der Waals surface area contributed by atoms with Gasteiger partial charge in [0.25, 0.3) is 11.6 Å². The van der Waals surface area contributed by atoms with Crippen molar-refractivity contribution < 1.29 is 14.6 Å². The molecule has 28 heavy (non-hydrogen) atoms. The molecule has 8 heteroatoms. The lowest BCUT2D eigenvalue weighted by Crippen LogP contribution is -3.14. The summed E-state index contributed by atoms with van der Waals surface area (Å²) in [6, 6.07) is 9.81. The predicted molar refractivity (Wildman–Crippen MR) is 111 cm³/mol. The standard InChI is InChI=1S/C20H23ClN4O3/c1-3-23-8-10-24(11-9-23)19-7-5-16(13-17(19)21)22-20(26)15-4-6-18(25(27)28)14(2)12-15/h4-7,12-13H,3,8-11H2,1-2H3,(H,22,26)/p+1. The minimum Gasteiger partial charge on any atom is -0.359 e. The van der Waals surface area contributed by atoms with E-state index in [0.29, 0.717) is 21.8 Å². The lowest BCUT2D eigenvalue weighted by atomic mass is 10.1. The fraction of sp³-hybridized carbons (Fsp3) is 0.350. The number of carbonyl (C=O) groups excluding carboxylic acids is 1. The highest BCUT2D eigenvalue weighted by Gasteiger charge is 2.21. The molecule has 1 aliphatic heterocycles. The minimum atomic E-state index is -0.461. The van der Waals surface area contributed by atoms with Gasteiger partial charge in [0.1, 0.15) is 0 Å². The van der Waals surface area contributed by atoms with Crippen molar-refractivity contribution in [3.63, 3.8) is 0 Å². The van der Waals surface area contributed by atoms with Crippen molar-refractivity contribution in [2.24, 2.45) is 0 Å². The largest absolute Gasteiger partial charge is 0.359 e. The van der Waals surface area contributed by atoms with Crippen molar-refractivity contribution in [1.29, 1.82) is 0 Å². The van der Waals surface area contributed by atoms with Crippen LogP contribution >= 0.6 is 11.6 Å². The molecule has 0 unspecified atom stereocenters. The average Bonchev–Trinajstić information content (AvgIpc) is 2.68. The highest BCUT2D eigenvalue weighted by Crippen LogP contribution is 2.29. The zero-order chi connectivity index (χ0) is 20.3. The molecule has 0 aliphatic carbocycles. The van der Waals surface area contributed by atoms with Crippen LogP contribution in [0.2, 0.25) is 5.02 Å². The van der Waals surface area contributed by atoms with Crippen molar-refractivity contribution in [2.75, 3.05) is 42.9 Å². The van der Waals surface area contributed by atoms with Gasteiger partial charge in [0.15, 0.2) is 0 Å². The first-order valence-electron chi connectivity index (χ1n) is 9.33. The number of quaternary nitrogens is 1. The molecule has 0 saturated carbocycles. The van der Waals surface area contributed by atoms with Gasteiger partial charge in [0, 0.05) is 22.9 Å². The molecule has 7 nitrogen and oxygen atoms in total. The van der Waals surface area contributed by atoms with Crippen molar-refractivity contribution in [1.82, 2.24) is 0 Å². The molecular formula is C20H24ClN4O3+. The van der Waals surface area contributed by atoms with Gasteiger partial charge in [-0.25, -0.2) is 0 Å². The Balaban J connectivity index is 1.70. The number of benzene rings is 2. The number of nitro groups is 1. The summed E-state index contributed by atoms with van der Waals surface area (Å²) in [7, 11) is 0. The number of nitro benzene ring substituents is 1. The first-order chi connectivity index (χ1) is 13.4. The highest BCUT2D eigenvalue weighted by atomic mass is 35.5. The van der Waals surface area contributed by atoms with E-state index in [2.05, 4.69) is 17.1 Å². The zero-order valence-corrected chi connectivity index (χ0v) is 16.8. The van der Waals surface area contributed by atoms with Crippen LogP contribution in [-0.2, 0) is 0 Å². The Bertz CT molecular complexity index is 895. The summed E-state index contributed by atoms with van der Waals surface area (Å²) in [4.78, 5) is 26.8. The fourth-order valence-corrected chi connectivity index (χ4v) is 3.76. The molecule has 2 aromatic rings. The first kappa shape index (κ1) is 20.1. The Labute approximate surface area is 169 Å². The molecule has 148 valence electrons. The SMILES string of the molecule is CC[NH+]1CCN(c2ccc(NC(=O)c3ccc([N+](=O)[O-])c(C)c3)cc2Cl)CC1. The maximum atomic E-state index is 12.5. The van der Waals surface area contributed by atoms with E-state index < -0.39 is 4.92 Å². The number of aryl methyl sites for hydroxylation is 1. The normalized spacial score (nSPS) is 14.8. The van der Waals surface area contributed by atoms with Crippen LogP contribution in [0.25, 0.3) is 0 Å². The van der Waals surface area contributed by atoms with Crippen molar-refractivity contribution in [3.8, 4) is 0 Å². The molecule has 0 bridgehead atoms. The van der Waals surface area contributed by atoms with Gasteiger partial charge in [-0.05, 0) is 44.2 Å². The summed E-state index contributed by atoms with van der Waals surface area (Å²) in [5.74, 6) is -0.332. The molecule has 1 fully saturated rings. The Morgan fingerprint density at radius 3 is 2.54 bits per heavy atom. The minimum absolute atomic E-state index is 0.00560. The van der Waals surface area contributed by atoms with E-state index in [0.717, 1.165) is 38.4 Å². The number of nitrogens with zero attached hydrogens (tertiary/aromatic N) is 2. The van der Waals surface area contributed by atoms with Crippen molar-refractivity contribution >= 4 is 34.6 Å². The van der Waals surface area contributed by atoms with Gasteiger partial charge in [-0.3, -0.25) is 14.9 Å². The molecule has 1 saturated heterocycles. The summed E-state index contributed by atoms with van der Waals surface area (Å²) in [5, 5.41) is 14.3. The van der Waals surface area contributed by atoms with E-state index in [4.69, 9.17) is 11.6 Å². The third kappa shape index (κ3) is 4.43. The maximum Gasteiger partial charge on any atom is 0.272 e. The molecular weight excluding hydrogens is 380 g/mol. The lowest BCUT2D eigenvalue weighted by Gasteiger charge is -2.33. The average molecular weight is 404 g/mol. The van der Waals surface area contributed by atoms with Gasteiger partial charge >= 0.3 is 0 Å². The highest BCUT2D eigenvalue weighted by molar-refractivity contribution is 6.33. The van der Waals surface area contributed by atoms with Crippen LogP contribution in [0.4, 0.5) is 17.1 Å². The van der Waals surface area contributed by atoms with Gasteiger partial charge in [-0.15, -0.1) is 0 Å². The Morgan fingerprint density at radius 2 is 1.96 bits per heavy atom. The molecule has 0 aromatic heterocycles. The topological polar surface area (TPSA) is 79.9 Å². The molecule has 0 spiro atoms. The summed E-state index contributed by atoms with van der Waals surface area (Å²) in [6.45, 7) is 9.03. The molecule has 1 amide bonds. The van der Waals surface area contributed by atoms with Crippen LogP contribution < -0.4 is 15.1 Å². The van der Waals surface area contributed by atoms with Gasteiger partial charge in [0.2, 0.25) is 0 Å². The second kappa shape index (κ2) is 8.58. The van der Waals surface area contributed by atoms with E-state index >= 15 is 0 Å². The number of hydrogen-bond acceptors (Lipinski definition) is 4. The van der Waals surface area contributed by atoms with Crippen LogP contribution in [0.3, 0.4) is 0 Å². The van der Waals surface area contributed by atoms with Crippen LogP contribution in [0, 0.1) is 17.0 Å². The van der Waals surface area contributed by atoms with Gasteiger partial charge in [0.05, 0.1) is 48.4 Å². The number of amides is 1. The summed E-state index contributed by atoms with van der Waals surface area (Å²) in [5.41, 5.74) is 2.36. The summed E-state index contributed by atoms with van der Waals surface area (Å²) in [6.07, 6.45) is 0. The molecule has 0 atom stereocenters. The molecule has 2 N–H and O–H groups in total. The maximum absolute atomic E-state index is 12.5. The number of anilines is 2. The number of hydrogen-bond donors (Lipinski definition) is 2. The zero-order valence-electron chi connectivity index (χ0n) is 16.0. The molecule has 2 aromatic carbocycles. The molecule has 1 aliphatic rings.